The number of amides is 1. The number of nitrogens with zero attached hydrogens (tertiary/aromatic N) is 1. The fraction of sp³-hybridized carbons (Fsp3) is 0.917. The fourth-order valence-corrected chi connectivity index (χ4v) is 1.81. The first-order chi connectivity index (χ1) is 7.02. The molecule has 0 bridgehead atoms. The number of carbonyl (C=O) groups excluding carboxylic acids is 1. The number of carbonyl (C=O) groups is 1. The van der Waals surface area contributed by atoms with E-state index in [4.69, 9.17) is 4.74 Å². The van der Waals surface area contributed by atoms with Gasteiger partial charge in [0.1, 0.15) is 0 Å². The Morgan fingerprint density at radius 2 is 2.00 bits per heavy atom. The van der Waals surface area contributed by atoms with E-state index in [0.29, 0.717) is 18.4 Å². The Bertz CT molecular complexity index is 214. The molecule has 0 spiro atoms. The first-order valence-electron chi connectivity index (χ1n) is 5.89. The van der Waals surface area contributed by atoms with E-state index in [1.807, 2.05) is 18.7 Å². The highest BCUT2D eigenvalue weighted by atomic mass is 16.5. The van der Waals surface area contributed by atoms with E-state index in [1.165, 1.54) is 0 Å². The van der Waals surface area contributed by atoms with Gasteiger partial charge in [-0.2, -0.15) is 0 Å². The van der Waals surface area contributed by atoms with Crippen LogP contribution in [0.5, 0.6) is 0 Å². The second-order valence-corrected chi connectivity index (χ2v) is 5.02. The molecule has 0 unspecified atom stereocenters. The summed E-state index contributed by atoms with van der Waals surface area (Å²) in [6.45, 7) is 11.4. The van der Waals surface area contributed by atoms with Crippen molar-refractivity contribution < 1.29 is 9.53 Å². The van der Waals surface area contributed by atoms with E-state index in [0.717, 1.165) is 19.7 Å². The van der Waals surface area contributed by atoms with Crippen LogP contribution in [0.25, 0.3) is 0 Å². The second kappa shape index (κ2) is 5.50. The maximum Gasteiger partial charge on any atom is 0.225 e. The van der Waals surface area contributed by atoms with E-state index in [-0.39, 0.29) is 11.8 Å². The molecule has 0 radical (unpaired) electrons. The predicted octanol–water partition coefficient (Wildman–Crippen LogP) is 1.77. The van der Waals surface area contributed by atoms with Crippen LogP contribution in [0.4, 0.5) is 0 Å². The summed E-state index contributed by atoms with van der Waals surface area (Å²) in [6, 6.07) is 0. The molecular weight excluding hydrogens is 190 g/mol. The molecule has 1 amide bonds. The van der Waals surface area contributed by atoms with Crippen molar-refractivity contribution in [3.8, 4) is 0 Å². The maximum atomic E-state index is 11.9. The lowest BCUT2D eigenvalue weighted by atomic mass is 9.96. The SMILES string of the molecule is CC(C)C(=O)N1CCOC[C@H](C(C)C)C1. The first-order valence-corrected chi connectivity index (χ1v) is 5.89. The molecule has 88 valence electrons. The van der Waals surface area contributed by atoms with Crippen molar-refractivity contribution in [2.45, 2.75) is 27.7 Å². The third-order valence-electron chi connectivity index (χ3n) is 3.04. The minimum Gasteiger partial charge on any atom is -0.379 e. The molecule has 1 rings (SSSR count). The zero-order chi connectivity index (χ0) is 11.4. The van der Waals surface area contributed by atoms with Crippen molar-refractivity contribution >= 4 is 5.91 Å². The zero-order valence-corrected chi connectivity index (χ0v) is 10.3. The van der Waals surface area contributed by atoms with Crippen molar-refractivity contribution in [2.75, 3.05) is 26.3 Å². The van der Waals surface area contributed by atoms with Gasteiger partial charge in [-0.25, -0.2) is 0 Å². The molecule has 0 aromatic rings. The highest BCUT2D eigenvalue weighted by Crippen LogP contribution is 2.17. The Balaban J connectivity index is 2.60. The van der Waals surface area contributed by atoms with Crippen LogP contribution in [0.1, 0.15) is 27.7 Å². The van der Waals surface area contributed by atoms with Crippen LogP contribution in [-0.4, -0.2) is 37.1 Å². The molecule has 0 saturated carbocycles. The number of ether oxygens (including phenoxy) is 1. The Kier molecular flexibility index (Phi) is 4.58. The summed E-state index contributed by atoms with van der Waals surface area (Å²) in [6.07, 6.45) is 0. The normalized spacial score (nSPS) is 23.3. The maximum absolute atomic E-state index is 11.9. The molecule has 1 heterocycles. The Morgan fingerprint density at radius 1 is 1.33 bits per heavy atom. The lowest BCUT2D eigenvalue weighted by Gasteiger charge is -2.27. The average Bonchev–Trinajstić information content (AvgIpc) is 2.41. The molecule has 1 atom stereocenters. The summed E-state index contributed by atoms with van der Waals surface area (Å²) in [7, 11) is 0. The van der Waals surface area contributed by atoms with E-state index in [9.17, 15) is 4.79 Å². The van der Waals surface area contributed by atoms with Gasteiger partial charge < -0.3 is 9.64 Å². The van der Waals surface area contributed by atoms with Crippen molar-refractivity contribution in [3.05, 3.63) is 0 Å². The fourth-order valence-electron chi connectivity index (χ4n) is 1.81. The van der Waals surface area contributed by atoms with E-state index in [1.54, 1.807) is 0 Å². The Labute approximate surface area is 92.8 Å². The summed E-state index contributed by atoms with van der Waals surface area (Å²) >= 11 is 0. The third kappa shape index (κ3) is 3.49. The topological polar surface area (TPSA) is 29.5 Å². The first kappa shape index (κ1) is 12.5. The summed E-state index contributed by atoms with van der Waals surface area (Å²) in [5, 5.41) is 0. The second-order valence-electron chi connectivity index (χ2n) is 5.02. The monoisotopic (exact) mass is 213 g/mol. The van der Waals surface area contributed by atoms with Gasteiger partial charge >= 0.3 is 0 Å². The van der Waals surface area contributed by atoms with Crippen molar-refractivity contribution in [1.29, 1.82) is 0 Å². The number of hydrogen-bond donors (Lipinski definition) is 0. The Morgan fingerprint density at radius 3 is 2.53 bits per heavy atom. The van der Waals surface area contributed by atoms with E-state index in [2.05, 4.69) is 13.8 Å². The van der Waals surface area contributed by atoms with Crippen LogP contribution in [0.3, 0.4) is 0 Å². The van der Waals surface area contributed by atoms with Crippen LogP contribution < -0.4 is 0 Å². The van der Waals surface area contributed by atoms with Gasteiger partial charge in [0.25, 0.3) is 0 Å². The van der Waals surface area contributed by atoms with Gasteiger partial charge in [0.15, 0.2) is 0 Å². The molecule has 1 fully saturated rings. The van der Waals surface area contributed by atoms with Crippen molar-refractivity contribution in [3.63, 3.8) is 0 Å². The van der Waals surface area contributed by atoms with E-state index < -0.39 is 0 Å². The van der Waals surface area contributed by atoms with Gasteiger partial charge in [-0.3, -0.25) is 4.79 Å². The zero-order valence-electron chi connectivity index (χ0n) is 10.3. The number of hydrogen-bond acceptors (Lipinski definition) is 2. The third-order valence-corrected chi connectivity index (χ3v) is 3.04. The van der Waals surface area contributed by atoms with Crippen LogP contribution in [0.2, 0.25) is 0 Å². The van der Waals surface area contributed by atoms with Gasteiger partial charge in [-0.05, 0) is 5.92 Å². The molecule has 3 heteroatoms. The summed E-state index contributed by atoms with van der Waals surface area (Å²) < 4.78 is 5.53. The molecule has 15 heavy (non-hydrogen) atoms. The van der Waals surface area contributed by atoms with Crippen molar-refractivity contribution in [2.24, 2.45) is 17.8 Å². The number of rotatable bonds is 2. The molecule has 0 aliphatic carbocycles. The highest BCUT2D eigenvalue weighted by molar-refractivity contribution is 5.78. The smallest absolute Gasteiger partial charge is 0.225 e. The van der Waals surface area contributed by atoms with Crippen LogP contribution in [0.15, 0.2) is 0 Å². The van der Waals surface area contributed by atoms with Crippen LogP contribution >= 0.6 is 0 Å². The molecule has 1 aliphatic rings. The van der Waals surface area contributed by atoms with E-state index >= 15 is 0 Å². The summed E-state index contributed by atoms with van der Waals surface area (Å²) in [4.78, 5) is 13.8. The Hall–Kier alpha value is -0.570. The van der Waals surface area contributed by atoms with Gasteiger partial charge in [0.2, 0.25) is 5.91 Å². The molecule has 0 N–H and O–H groups in total. The standard InChI is InChI=1S/C12H23NO2/c1-9(2)11-7-13(5-6-15-8-11)12(14)10(3)4/h9-11H,5-8H2,1-4H3/t11-/m1/s1. The molecule has 3 nitrogen and oxygen atoms in total. The summed E-state index contributed by atoms with van der Waals surface area (Å²) in [5.41, 5.74) is 0. The molecule has 1 saturated heterocycles. The lowest BCUT2D eigenvalue weighted by molar-refractivity contribution is -0.135. The minimum absolute atomic E-state index is 0.0934. The largest absolute Gasteiger partial charge is 0.379 e. The highest BCUT2D eigenvalue weighted by Gasteiger charge is 2.25. The van der Waals surface area contributed by atoms with Gasteiger partial charge in [0, 0.05) is 24.9 Å². The van der Waals surface area contributed by atoms with Gasteiger partial charge in [0.05, 0.1) is 13.2 Å². The van der Waals surface area contributed by atoms with Gasteiger partial charge in [-0.15, -0.1) is 0 Å². The molecular formula is C12H23NO2. The average molecular weight is 213 g/mol. The van der Waals surface area contributed by atoms with Crippen LogP contribution in [0, 0.1) is 17.8 Å². The minimum atomic E-state index is 0.0934. The van der Waals surface area contributed by atoms with Crippen LogP contribution in [-0.2, 0) is 9.53 Å². The van der Waals surface area contributed by atoms with Gasteiger partial charge in [-0.1, -0.05) is 27.7 Å². The molecule has 1 aliphatic heterocycles. The summed E-state index contributed by atoms with van der Waals surface area (Å²) in [5.74, 6) is 1.41. The van der Waals surface area contributed by atoms with Crippen molar-refractivity contribution in [1.82, 2.24) is 4.90 Å². The quantitative estimate of drug-likeness (QED) is 0.699. The predicted molar refractivity (Wildman–Crippen MR) is 60.6 cm³/mol. The molecule has 0 aromatic carbocycles. The molecule has 0 aromatic heterocycles. The lowest BCUT2D eigenvalue weighted by Crippen LogP contribution is -2.39.